The van der Waals surface area contributed by atoms with Gasteiger partial charge in [-0.1, -0.05) is 0 Å². The summed E-state index contributed by atoms with van der Waals surface area (Å²) in [5.74, 6) is 0.0142. The second kappa shape index (κ2) is 3.63. The van der Waals surface area contributed by atoms with Crippen LogP contribution in [0.2, 0.25) is 0 Å². The molecule has 0 spiro atoms. The van der Waals surface area contributed by atoms with E-state index >= 15 is 0 Å². The van der Waals surface area contributed by atoms with E-state index < -0.39 is 0 Å². The molecule has 16 heavy (non-hydrogen) atoms. The number of nitrogens with one attached hydrogen (secondary N) is 1. The zero-order chi connectivity index (χ0) is 11.0. The number of carbonyl (C=O) groups excluding carboxylic acids is 1. The van der Waals surface area contributed by atoms with Crippen LogP contribution in [-0.2, 0) is 0 Å². The zero-order valence-electron chi connectivity index (χ0n) is 8.89. The molecular formula is C12H13N3O. The lowest BCUT2D eigenvalue weighted by molar-refractivity contribution is 0.0916. The first kappa shape index (κ1) is 9.39. The second-order valence-corrected chi connectivity index (χ2v) is 4.21. The molecule has 82 valence electrons. The predicted molar refractivity (Wildman–Crippen MR) is 60.3 cm³/mol. The molecule has 0 aliphatic heterocycles. The minimum absolute atomic E-state index is 0.0142. The van der Waals surface area contributed by atoms with Gasteiger partial charge in [0.1, 0.15) is 5.65 Å². The Labute approximate surface area is 93.3 Å². The van der Waals surface area contributed by atoms with E-state index in [1.165, 1.54) is 6.42 Å². The van der Waals surface area contributed by atoms with E-state index in [1.807, 2.05) is 28.9 Å². The van der Waals surface area contributed by atoms with Gasteiger partial charge in [-0.2, -0.15) is 0 Å². The largest absolute Gasteiger partial charge is 0.349 e. The second-order valence-electron chi connectivity index (χ2n) is 4.21. The van der Waals surface area contributed by atoms with Crippen molar-refractivity contribution in [2.45, 2.75) is 25.3 Å². The van der Waals surface area contributed by atoms with Gasteiger partial charge < -0.3 is 9.72 Å². The maximum absolute atomic E-state index is 11.9. The minimum Gasteiger partial charge on any atom is -0.349 e. The predicted octanol–water partition coefficient (Wildman–Crippen LogP) is 1.62. The quantitative estimate of drug-likeness (QED) is 0.827. The van der Waals surface area contributed by atoms with E-state index in [1.54, 1.807) is 6.20 Å². The van der Waals surface area contributed by atoms with Crippen molar-refractivity contribution in [1.29, 1.82) is 0 Å². The van der Waals surface area contributed by atoms with Crippen LogP contribution in [0.15, 0.2) is 30.7 Å². The van der Waals surface area contributed by atoms with E-state index in [4.69, 9.17) is 0 Å². The van der Waals surface area contributed by atoms with Gasteiger partial charge in [-0.05, 0) is 31.4 Å². The van der Waals surface area contributed by atoms with Crippen LogP contribution in [0, 0.1) is 0 Å². The number of rotatable bonds is 2. The van der Waals surface area contributed by atoms with Gasteiger partial charge >= 0.3 is 0 Å². The molecule has 1 fully saturated rings. The topological polar surface area (TPSA) is 46.4 Å². The molecule has 0 saturated heterocycles. The molecule has 0 radical (unpaired) electrons. The zero-order valence-corrected chi connectivity index (χ0v) is 8.89. The minimum atomic E-state index is 0.0142. The normalized spacial score (nSPS) is 16.0. The highest BCUT2D eigenvalue weighted by atomic mass is 16.1. The van der Waals surface area contributed by atoms with E-state index in [0.29, 0.717) is 11.6 Å². The molecule has 3 rings (SSSR count). The summed E-state index contributed by atoms with van der Waals surface area (Å²) < 4.78 is 1.86. The molecule has 2 aromatic rings. The maximum atomic E-state index is 11.9. The number of hydrogen-bond donors (Lipinski definition) is 1. The van der Waals surface area contributed by atoms with Gasteiger partial charge in [0.15, 0.2) is 0 Å². The number of aromatic nitrogens is 2. The lowest BCUT2D eigenvalue weighted by Crippen LogP contribution is -2.39. The van der Waals surface area contributed by atoms with Crippen LogP contribution in [0.3, 0.4) is 0 Å². The van der Waals surface area contributed by atoms with Crippen molar-refractivity contribution in [3.05, 3.63) is 36.3 Å². The molecule has 2 heterocycles. The van der Waals surface area contributed by atoms with Crippen molar-refractivity contribution in [2.75, 3.05) is 0 Å². The molecule has 4 nitrogen and oxygen atoms in total. The third kappa shape index (κ3) is 1.56. The fraction of sp³-hybridized carbons (Fsp3) is 0.333. The van der Waals surface area contributed by atoms with Crippen LogP contribution in [0.1, 0.15) is 29.6 Å². The third-order valence-corrected chi connectivity index (χ3v) is 3.09. The monoisotopic (exact) mass is 215 g/mol. The van der Waals surface area contributed by atoms with E-state index in [9.17, 15) is 4.79 Å². The number of carbonyl (C=O) groups is 1. The van der Waals surface area contributed by atoms with E-state index in [2.05, 4.69) is 10.3 Å². The molecule has 0 bridgehead atoms. The van der Waals surface area contributed by atoms with Crippen LogP contribution in [0.5, 0.6) is 0 Å². The van der Waals surface area contributed by atoms with E-state index in [-0.39, 0.29) is 5.91 Å². The number of amides is 1. The molecule has 4 heteroatoms. The van der Waals surface area contributed by atoms with Crippen LogP contribution >= 0.6 is 0 Å². The Bertz CT molecular complexity index is 528. The highest BCUT2D eigenvalue weighted by molar-refractivity contribution is 5.94. The Morgan fingerprint density at radius 2 is 2.31 bits per heavy atom. The van der Waals surface area contributed by atoms with Gasteiger partial charge in [0.25, 0.3) is 5.91 Å². The Kier molecular flexibility index (Phi) is 2.13. The number of pyridine rings is 1. The summed E-state index contributed by atoms with van der Waals surface area (Å²) in [6.07, 6.45) is 8.83. The van der Waals surface area contributed by atoms with Gasteiger partial charge in [-0.3, -0.25) is 4.79 Å². The molecular weight excluding hydrogens is 202 g/mol. The summed E-state index contributed by atoms with van der Waals surface area (Å²) in [4.78, 5) is 16.0. The van der Waals surface area contributed by atoms with Gasteiger partial charge in [-0.15, -0.1) is 0 Å². The Morgan fingerprint density at radius 3 is 3.06 bits per heavy atom. The molecule has 1 amide bonds. The summed E-state index contributed by atoms with van der Waals surface area (Å²) in [6.45, 7) is 0. The molecule has 1 aliphatic rings. The number of hydrogen-bond acceptors (Lipinski definition) is 2. The summed E-state index contributed by atoms with van der Waals surface area (Å²) in [5.41, 5.74) is 1.55. The molecule has 0 atom stereocenters. The van der Waals surface area contributed by atoms with Crippen molar-refractivity contribution >= 4 is 11.6 Å². The highest BCUT2D eigenvalue weighted by Gasteiger charge is 2.20. The first-order chi connectivity index (χ1) is 7.83. The highest BCUT2D eigenvalue weighted by Crippen LogP contribution is 2.18. The Hall–Kier alpha value is -1.84. The number of fused-ring (bicyclic) bond motifs is 1. The van der Waals surface area contributed by atoms with Crippen LogP contribution in [0.4, 0.5) is 0 Å². The average Bonchev–Trinajstić information content (AvgIpc) is 2.69. The van der Waals surface area contributed by atoms with E-state index in [0.717, 1.165) is 18.5 Å². The Morgan fingerprint density at radius 1 is 1.44 bits per heavy atom. The lowest BCUT2D eigenvalue weighted by Gasteiger charge is -2.26. The standard InChI is InChI=1S/C12H13N3O/c16-12(14-10-2-1-3-10)9-4-5-11-13-6-7-15(11)8-9/h4-8,10H,1-3H2,(H,14,16). The van der Waals surface area contributed by atoms with Crippen molar-refractivity contribution in [1.82, 2.24) is 14.7 Å². The van der Waals surface area contributed by atoms with Gasteiger partial charge in [0, 0.05) is 24.6 Å². The van der Waals surface area contributed by atoms with Crippen LogP contribution in [-0.4, -0.2) is 21.3 Å². The summed E-state index contributed by atoms with van der Waals surface area (Å²) >= 11 is 0. The van der Waals surface area contributed by atoms with Crippen LogP contribution in [0.25, 0.3) is 5.65 Å². The first-order valence-electron chi connectivity index (χ1n) is 5.56. The molecule has 1 N–H and O–H groups in total. The maximum Gasteiger partial charge on any atom is 0.252 e. The lowest BCUT2D eigenvalue weighted by atomic mass is 9.93. The van der Waals surface area contributed by atoms with Crippen molar-refractivity contribution in [2.24, 2.45) is 0 Å². The van der Waals surface area contributed by atoms with Crippen LogP contribution < -0.4 is 5.32 Å². The SMILES string of the molecule is O=C(NC1CCC1)c1ccc2nccn2c1. The van der Waals surface area contributed by atoms with Crippen molar-refractivity contribution in [3.8, 4) is 0 Å². The van der Waals surface area contributed by atoms with Crippen molar-refractivity contribution in [3.63, 3.8) is 0 Å². The number of nitrogens with zero attached hydrogens (tertiary/aromatic N) is 2. The molecule has 2 aromatic heterocycles. The summed E-state index contributed by atoms with van der Waals surface area (Å²) in [5, 5.41) is 3.02. The Balaban J connectivity index is 1.83. The van der Waals surface area contributed by atoms with Crippen molar-refractivity contribution < 1.29 is 4.79 Å². The van der Waals surface area contributed by atoms with Gasteiger partial charge in [-0.25, -0.2) is 4.98 Å². The van der Waals surface area contributed by atoms with Gasteiger partial charge in [0.2, 0.25) is 0 Å². The average molecular weight is 215 g/mol. The summed E-state index contributed by atoms with van der Waals surface area (Å²) in [6, 6.07) is 4.05. The summed E-state index contributed by atoms with van der Waals surface area (Å²) in [7, 11) is 0. The first-order valence-corrected chi connectivity index (χ1v) is 5.56. The third-order valence-electron chi connectivity index (χ3n) is 3.09. The molecule has 0 aromatic carbocycles. The van der Waals surface area contributed by atoms with Gasteiger partial charge in [0.05, 0.1) is 5.56 Å². The smallest absolute Gasteiger partial charge is 0.252 e. The fourth-order valence-electron chi connectivity index (χ4n) is 1.88. The fourth-order valence-corrected chi connectivity index (χ4v) is 1.88. The molecule has 1 saturated carbocycles. The molecule has 0 unspecified atom stereocenters. The number of imidazole rings is 1. The molecule has 1 aliphatic carbocycles.